The Kier molecular flexibility index (Phi) is 7.04. The number of rotatable bonds is 7. The Morgan fingerprint density at radius 1 is 1.00 bits per heavy atom. The molecule has 3 N–H and O–H groups in total. The Morgan fingerprint density at radius 2 is 1.69 bits per heavy atom. The van der Waals surface area contributed by atoms with Crippen LogP contribution in [0.5, 0.6) is 0 Å². The molecule has 0 saturated heterocycles. The Labute approximate surface area is 159 Å². The Bertz CT molecular complexity index is 785. The average Bonchev–Trinajstić information content (AvgIpc) is 2.57. The molecule has 0 unspecified atom stereocenters. The quantitative estimate of drug-likeness (QED) is 0.656. The van der Waals surface area contributed by atoms with E-state index < -0.39 is 0 Å². The molecule has 0 aliphatic heterocycles. The Morgan fingerprint density at radius 3 is 2.35 bits per heavy atom. The minimum atomic E-state index is -0.216. The van der Waals surface area contributed by atoms with Crippen LogP contribution in [0.4, 0.5) is 17.1 Å². The summed E-state index contributed by atoms with van der Waals surface area (Å²) in [5, 5.41) is 9.15. The van der Waals surface area contributed by atoms with E-state index in [1.54, 1.807) is 18.2 Å². The molecule has 0 atom stereocenters. The second-order valence-corrected chi connectivity index (χ2v) is 6.57. The van der Waals surface area contributed by atoms with E-state index in [0.29, 0.717) is 22.8 Å². The zero-order valence-corrected chi connectivity index (χ0v) is 16.0. The van der Waals surface area contributed by atoms with Crippen molar-refractivity contribution in [2.24, 2.45) is 0 Å². The summed E-state index contributed by atoms with van der Waals surface area (Å²) in [5.41, 5.74) is 4.18. The molecule has 0 aromatic heterocycles. The molecule has 0 spiro atoms. The predicted octanol–water partition coefficient (Wildman–Crippen LogP) is 4.75. The van der Waals surface area contributed by atoms with Crippen molar-refractivity contribution in [3.05, 3.63) is 52.5 Å². The van der Waals surface area contributed by atoms with E-state index in [1.165, 1.54) is 0 Å². The molecule has 2 amide bonds. The van der Waals surface area contributed by atoms with Gasteiger partial charge in [0.15, 0.2) is 0 Å². The van der Waals surface area contributed by atoms with Crippen LogP contribution in [0, 0.1) is 13.8 Å². The summed E-state index contributed by atoms with van der Waals surface area (Å²) in [6, 6.07) is 11.0. The number of para-hydroxylation sites is 1. The van der Waals surface area contributed by atoms with Crippen molar-refractivity contribution in [2.75, 3.05) is 22.5 Å². The van der Waals surface area contributed by atoms with Gasteiger partial charge in [0.05, 0.1) is 17.3 Å². The standard InChI is InChI=1S/C20H24ClN3O2/c1-4-6-18(25)23-15-9-10-16(21)17(11-15)24-19(26)12-22-20-13(2)7-5-8-14(20)3/h5,7-11,22H,4,6,12H2,1-3H3,(H,23,25)(H,24,26). The van der Waals surface area contributed by atoms with Gasteiger partial charge in [0.2, 0.25) is 11.8 Å². The highest BCUT2D eigenvalue weighted by Gasteiger charge is 2.10. The third kappa shape index (κ3) is 5.49. The summed E-state index contributed by atoms with van der Waals surface area (Å²) in [4.78, 5) is 24.0. The van der Waals surface area contributed by atoms with Crippen LogP contribution in [0.25, 0.3) is 0 Å². The zero-order chi connectivity index (χ0) is 19.1. The molecule has 0 aliphatic rings. The first-order chi connectivity index (χ1) is 12.4. The lowest BCUT2D eigenvalue weighted by Gasteiger charge is -2.14. The van der Waals surface area contributed by atoms with E-state index in [1.807, 2.05) is 39.0 Å². The average molecular weight is 374 g/mol. The van der Waals surface area contributed by atoms with Gasteiger partial charge in [-0.05, 0) is 49.6 Å². The van der Waals surface area contributed by atoms with Crippen LogP contribution in [0.2, 0.25) is 5.02 Å². The molecule has 6 heteroatoms. The number of carbonyl (C=O) groups is 2. The molecule has 0 aliphatic carbocycles. The van der Waals surface area contributed by atoms with Crippen LogP contribution in [0.3, 0.4) is 0 Å². The van der Waals surface area contributed by atoms with Crippen molar-refractivity contribution < 1.29 is 9.59 Å². The van der Waals surface area contributed by atoms with Crippen LogP contribution in [0.15, 0.2) is 36.4 Å². The predicted molar refractivity (Wildman–Crippen MR) is 108 cm³/mol. The van der Waals surface area contributed by atoms with Crippen LogP contribution in [-0.2, 0) is 9.59 Å². The SMILES string of the molecule is CCCC(=O)Nc1ccc(Cl)c(NC(=O)CNc2c(C)cccc2C)c1. The van der Waals surface area contributed by atoms with E-state index in [0.717, 1.165) is 23.2 Å². The first-order valence-electron chi connectivity index (χ1n) is 8.60. The lowest BCUT2D eigenvalue weighted by atomic mass is 10.1. The second-order valence-electron chi connectivity index (χ2n) is 6.16. The van der Waals surface area contributed by atoms with Crippen molar-refractivity contribution >= 4 is 40.5 Å². The Hall–Kier alpha value is -2.53. The first kappa shape index (κ1) is 19.8. The van der Waals surface area contributed by atoms with E-state index in [4.69, 9.17) is 11.6 Å². The van der Waals surface area contributed by atoms with Crippen molar-refractivity contribution in [1.82, 2.24) is 0 Å². The summed E-state index contributed by atoms with van der Waals surface area (Å²) in [7, 11) is 0. The first-order valence-corrected chi connectivity index (χ1v) is 8.98. The molecule has 26 heavy (non-hydrogen) atoms. The normalized spacial score (nSPS) is 10.3. The number of nitrogens with one attached hydrogen (secondary N) is 3. The number of aryl methyl sites for hydroxylation is 2. The molecule has 2 rings (SSSR count). The monoisotopic (exact) mass is 373 g/mol. The fourth-order valence-corrected chi connectivity index (χ4v) is 2.77. The summed E-state index contributed by atoms with van der Waals surface area (Å²) in [6.45, 7) is 6.05. The molecule has 0 heterocycles. The van der Waals surface area contributed by atoms with Crippen molar-refractivity contribution in [3.8, 4) is 0 Å². The van der Waals surface area contributed by atoms with Crippen molar-refractivity contribution in [2.45, 2.75) is 33.6 Å². The lowest BCUT2D eigenvalue weighted by Crippen LogP contribution is -2.22. The third-order valence-corrected chi connectivity index (χ3v) is 4.24. The fourth-order valence-electron chi connectivity index (χ4n) is 2.61. The van der Waals surface area contributed by atoms with Crippen LogP contribution in [-0.4, -0.2) is 18.4 Å². The Balaban J connectivity index is 2.01. The molecule has 0 radical (unpaired) electrons. The molecule has 138 valence electrons. The maximum atomic E-state index is 12.3. The van der Waals surface area contributed by atoms with Gasteiger partial charge in [-0.3, -0.25) is 9.59 Å². The lowest BCUT2D eigenvalue weighted by molar-refractivity contribution is -0.116. The minimum Gasteiger partial charge on any atom is -0.376 e. The summed E-state index contributed by atoms with van der Waals surface area (Å²) in [6.07, 6.45) is 1.22. The number of benzene rings is 2. The van der Waals surface area contributed by atoms with Gasteiger partial charge in [-0.15, -0.1) is 0 Å². The number of hydrogen-bond acceptors (Lipinski definition) is 3. The molecule has 5 nitrogen and oxygen atoms in total. The number of anilines is 3. The second kappa shape index (κ2) is 9.25. The van der Waals surface area contributed by atoms with Crippen molar-refractivity contribution in [3.63, 3.8) is 0 Å². The fraction of sp³-hybridized carbons (Fsp3) is 0.300. The van der Waals surface area contributed by atoms with Gasteiger partial charge in [0, 0.05) is 17.8 Å². The summed E-state index contributed by atoms with van der Waals surface area (Å²) >= 11 is 6.16. The molecule has 2 aromatic carbocycles. The highest BCUT2D eigenvalue weighted by atomic mass is 35.5. The van der Waals surface area contributed by atoms with Gasteiger partial charge in [0.1, 0.15) is 0 Å². The minimum absolute atomic E-state index is 0.0659. The van der Waals surface area contributed by atoms with Gasteiger partial charge in [-0.25, -0.2) is 0 Å². The van der Waals surface area contributed by atoms with Gasteiger partial charge in [-0.1, -0.05) is 36.7 Å². The van der Waals surface area contributed by atoms with Gasteiger partial charge in [0.25, 0.3) is 0 Å². The largest absolute Gasteiger partial charge is 0.376 e. The third-order valence-electron chi connectivity index (χ3n) is 3.91. The highest BCUT2D eigenvalue weighted by Crippen LogP contribution is 2.26. The van der Waals surface area contributed by atoms with E-state index in [9.17, 15) is 9.59 Å². The molecule has 0 saturated carbocycles. The van der Waals surface area contributed by atoms with Crippen LogP contribution >= 0.6 is 11.6 Å². The van der Waals surface area contributed by atoms with E-state index in [-0.39, 0.29) is 18.4 Å². The number of hydrogen-bond donors (Lipinski definition) is 3. The van der Waals surface area contributed by atoms with Crippen LogP contribution in [0.1, 0.15) is 30.9 Å². The number of carbonyl (C=O) groups excluding carboxylic acids is 2. The van der Waals surface area contributed by atoms with Gasteiger partial charge < -0.3 is 16.0 Å². The highest BCUT2D eigenvalue weighted by molar-refractivity contribution is 6.33. The molecular formula is C20H24ClN3O2. The van der Waals surface area contributed by atoms with Crippen molar-refractivity contribution in [1.29, 1.82) is 0 Å². The maximum Gasteiger partial charge on any atom is 0.243 e. The van der Waals surface area contributed by atoms with E-state index in [2.05, 4.69) is 16.0 Å². The van der Waals surface area contributed by atoms with Gasteiger partial charge >= 0.3 is 0 Å². The van der Waals surface area contributed by atoms with Crippen LogP contribution < -0.4 is 16.0 Å². The topological polar surface area (TPSA) is 70.2 Å². The molecule has 0 fully saturated rings. The molecular weight excluding hydrogens is 350 g/mol. The summed E-state index contributed by atoms with van der Waals surface area (Å²) in [5.74, 6) is -0.282. The number of halogens is 1. The zero-order valence-electron chi connectivity index (χ0n) is 15.3. The molecule has 2 aromatic rings. The maximum absolute atomic E-state index is 12.3. The number of amides is 2. The van der Waals surface area contributed by atoms with E-state index >= 15 is 0 Å². The molecule has 0 bridgehead atoms. The van der Waals surface area contributed by atoms with Gasteiger partial charge in [-0.2, -0.15) is 0 Å². The smallest absolute Gasteiger partial charge is 0.243 e. The summed E-state index contributed by atoms with van der Waals surface area (Å²) < 4.78 is 0.